The highest BCUT2D eigenvalue weighted by Crippen LogP contribution is 2.15. The van der Waals surface area contributed by atoms with E-state index in [4.69, 9.17) is 0 Å². The van der Waals surface area contributed by atoms with Gasteiger partial charge in [0, 0.05) is 6.20 Å². The molecule has 0 aromatic carbocycles. The Bertz CT molecular complexity index is 284. The number of rotatable bonds is 2. The molecule has 0 radical (unpaired) electrons. The van der Waals surface area contributed by atoms with Crippen LogP contribution in [0.2, 0.25) is 0 Å². The maximum absolute atomic E-state index is 11.8. The number of pyridine rings is 1. The summed E-state index contributed by atoms with van der Waals surface area (Å²) >= 11 is 0. The largest absolute Gasteiger partial charge is 0.405 e. The van der Waals surface area contributed by atoms with Crippen LogP contribution in [0.1, 0.15) is 19.4 Å². The Hall–Kier alpha value is -1.26. The van der Waals surface area contributed by atoms with E-state index in [1.54, 1.807) is 19.1 Å². The van der Waals surface area contributed by atoms with E-state index in [9.17, 15) is 13.2 Å². The van der Waals surface area contributed by atoms with Crippen LogP contribution < -0.4 is 5.32 Å². The van der Waals surface area contributed by atoms with Crippen molar-refractivity contribution in [3.8, 4) is 0 Å². The first-order valence-electron chi connectivity index (χ1n) is 4.71. The van der Waals surface area contributed by atoms with Crippen LogP contribution >= 0.6 is 0 Å². The van der Waals surface area contributed by atoms with Crippen molar-refractivity contribution in [2.24, 2.45) is 0 Å². The van der Waals surface area contributed by atoms with Gasteiger partial charge in [-0.1, -0.05) is 13.8 Å². The molecule has 2 nitrogen and oxygen atoms in total. The number of hydrogen-bond donors (Lipinski definition) is 1. The zero-order valence-electron chi connectivity index (χ0n) is 9.02. The van der Waals surface area contributed by atoms with Crippen molar-refractivity contribution in [1.29, 1.82) is 0 Å². The quantitative estimate of drug-likeness (QED) is 0.826. The van der Waals surface area contributed by atoms with E-state index in [0.29, 0.717) is 0 Å². The van der Waals surface area contributed by atoms with Crippen molar-refractivity contribution >= 4 is 5.82 Å². The molecule has 0 fully saturated rings. The maximum atomic E-state index is 11.8. The summed E-state index contributed by atoms with van der Waals surface area (Å²) in [6, 6.07) is 3.28. The lowest BCUT2D eigenvalue weighted by Crippen LogP contribution is -2.21. The summed E-state index contributed by atoms with van der Waals surface area (Å²) in [6.45, 7) is 4.74. The zero-order valence-corrected chi connectivity index (χ0v) is 9.02. The molecule has 15 heavy (non-hydrogen) atoms. The van der Waals surface area contributed by atoms with Gasteiger partial charge in [0.1, 0.15) is 12.4 Å². The molecule has 0 amide bonds. The summed E-state index contributed by atoms with van der Waals surface area (Å²) in [4.78, 5) is 3.73. The van der Waals surface area contributed by atoms with Gasteiger partial charge in [0.25, 0.3) is 0 Å². The summed E-state index contributed by atoms with van der Waals surface area (Å²) in [7, 11) is 0. The molecule has 1 aromatic rings. The lowest BCUT2D eigenvalue weighted by molar-refractivity contribution is -0.115. The van der Waals surface area contributed by atoms with Crippen LogP contribution in [-0.4, -0.2) is 17.7 Å². The van der Waals surface area contributed by atoms with Crippen molar-refractivity contribution < 1.29 is 13.2 Å². The van der Waals surface area contributed by atoms with E-state index in [1.165, 1.54) is 6.20 Å². The summed E-state index contributed by atoms with van der Waals surface area (Å²) < 4.78 is 35.3. The Morgan fingerprint density at radius 3 is 2.40 bits per heavy atom. The standard InChI is InChI=1S/C8H9F3N2.C2H6/c1-6-2-3-12-7(4-6)13-5-8(9,10)11;1-2/h2-4H,5H2,1H3,(H,12,13);1-2H3. The molecule has 0 atom stereocenters. The summed E-state index contributed by atoms with van der Waals surface area (Å²) in [5.41, 5.74) is 0.875. The average Bonchev–Trinajstić information content (AvgIpc) is 2.17. The molecule has 0 unspecified atom stereocenters. The summed E-state index contributed by atoms with van der Waals surface area (Å²) in [5.74, 6) is 0.248. The molecule has 1 N–H and O–H groups in total. The topological polar surface area (TPSA) is 24.9 Å². The van der Waals surface area contributed by atoms with Crippen LogP contribution in [0.25, 0.3) is 0 Å². The van der Waals surface area contributed by atoms with Gasteiger partial charge >= 0.3 is 6.18 Å². The Morgan fingerprint density at radius 2 is 1.93 bits per heavy atom. The number of anilines is 1. The lowest BCUT2D eigenvalue weighted by Gasteiger charge is -2.08. The highest BCUT2D eigenvalue weighted by molar-refractivity contribution is 5.36. The fourth-order valence-electron chi connectivity index (χ4n) is 0.824. The highest BCUT2D eigenvalue weighted by atomic mass is 19.4. The molecule has 86 valence electrons. The van der Waals surface area contributed by atoms with Gasteiger partial charge in [-0.2, -0.15) is 13.2 Å². The normalized spacial score (nSPS) is 10.3. The molecule has 1 heterocycles. The number of hydrogen-bond acceptors (Lipinski definition) is 2. The molecular weight excluding hydrogens is 205 g/mol. The second kappa shape index (κ2) is 6.27. The smallest absolute Gasteiger partial charge is 0.361 e. The van der Waals surface area contributed by atoms with Gasteiger partial charge in [-0.15, -0.1) is 0 Å². The lowest BCUT2D eigenvalue weighted by atomic mass is 10.3. The monoisotopic (exact) mass is 220 g/mol. The number of nitrogens with zero attached hydrogens (tertiary/aromatic N) is 1. The Morgan fingerprint density at radius 1 is 1.33 bits per heavy atom. The van der Waals surface area contributed by atoms with Crippen molar-refractivity contribution in [1.82, 2.24) is 4.98 Å². The number of alkyl halides is 3. The Balaban J connectivity index is 0.000000921. The molecule has 0 aliphatic carbocycles. The molecule has 1 rings (SSSR count). The van der Waals surface area contributed by atoms with Gasteiger partial charge in [-0.3, -0.25) is 0 Å². The van der Waals surface area contributed by atoms with E-state index in [2.05, 4.69) is 10.3 Å². The van der Waals surface area contributed by atoms with E-state index in [0.717, 1.165) is 5.56 Å². The molecule has 0 aliphatic rings. The van der Waals surface area contributed by atoms with Gasteiger partial charge < -0.3 is 5.32 Å². The van der Waals surface area contributed by atoms with E-state index in [1.807, 2.05) is 13.8 Å². The van der Waals surface area contributed by atoms with Crippen LogP contribution in [0.4, 0.5) is 19.0 Å². The second-order valence-electron chi connectivity index (χ2n) is 2.69. The van der Waals surface area contributed by atoms with Crippen molar-refractivity contribution in [2.75, 3.05) is 11.9 Å². The van der Waals surface area contributed by atoms with E-state index < -0.39 is 12.7 Å². The third-order valence-corrected chi connectivity index (χ3v) is 1.39. The van der Waals surface area contributed by atoms with E-state index in [-0.39, 0.29) is 5.82 Å². The fourth-order valence-corrected chi connectivity index (χ4v) is 0.824. The number of aromatic nitrogens is 1. The zero-order chi connectivity index (χ0) is 11.9. The van der Waals surface area contributed by atoms with Crippen LogP contribution in [0.15, 0.2) is 18.3 Å². The third-order valence-electron chi connectivity index (χ3n) is 1.39. The minimum absolute atomic E-state index is 0.248. The summed E-state index contributed by atoms with van der Waals surface area (Å²) in [6.07, 6.45) is -2.74. The number of aryl methyl sites for hydroxylation is 1. The van der Waals surface area contributed by atoms with Gasteiger partial charge in [-0.25, -0.2) is 4.98 Å². The first kappa shape index (κ1) is 13.7. The highest BCUT2D eigenvalue weighted by Gasteiger charge is 2.26. The summed E-state index contributed by atoms with van der Waals surface area (Å²) in [5, 5.41) is 2.19. The molecule has 0 saturated heterocycles. The SMILES string of the molecule is CC.Cc1ccnc(NCC(F)(F)F)c1. The first-order chi connectivity index (χ1) is 6.97. The van der Waals surface area contributed by atoms with Crippen molar-refractivity contribution in [2.45, 2.75) is 26.9 Å². The van der Waals surface area contributed by atoms with Gasteiger partial charge in [0.15, 0.2) is 0 Å². The minimum Gasteiger partial charge on any atom is -0.361 e. The van der Waals surface area contributed by atoms with Crippen LogP contribution in [0, 0.1) is 6.92 Å². The second-order valence-corrected chi connectivity index (χ2v) is 2.69. The fraction of sp³-hybridized carbons (Fsp3) is 0.500. The number of halogens is 3. The van der Waals surface area contributed by atoms with Crippen LogP contribution in [0.3, 0.4) is 0 Å². The molecular formula is C10H15F3N2. The molecule has 0 saturated carbocycles. The van der Waals surface area contributed by atoms with Crippen LogP contribution in [-0.2, 0) is 0 Å². The van der Waals surface area contributed by atoms with Gasteiger partial charge in [-0.05, 0) is 24.6 Å². The predicted octanol–water partition coefficient (Wildman–Crippen LogP) is 3.39. The number of nitrogens with one attached hydrogen (secondary N) is 1. The first-order valence-corrected chi connectivity index (χ1v) is 4.71. The van der Waals surface area contributed by atoms with E-state index >= 15 is 0 Å². The van der Waals surface area contributed by atoms with Crippen LogP contribution in [0.5, 0.6) is 0 Å². The maximum Gasteiger partial charge on any atom is 0.405 e. The molecule has 0 aliphatic heterocycles. The van der Waals surface area contributed by atoms with Crippen molar-refractivity contribution in [3.05, 3.63) is 23.9 Å². The third kappa shape index (κ3) is 6.76. The Kier molecular flexibility index (Phi) is 5.74. The minimum atomic E-state index is -4.20. The molecule has 0 spiro atoms. The Labute approximate surface area is 87.5 Å². The predicted molar refractivity (Wildman–Crippen MR) is 54.9 cm³/mol. The molecule has 5 heteroatoms. The molecule has 1 aromatic heterocycles. The molecule has 0 bridgehead atoms. The van der Waals surface area contributed by atoms with Crippen molar-refractivity contribution in [3.63, 3.8) is 0 Å². The van der Waals surface area contributed by atoms with Gasteiger partial charge in [0.2, 0.25) is 0 Å². The van der Waals surface area contributed by atoms with Gasteiger partial charge in [0.05, 0.1) is 0 Å². The average molecular weight is 220 g/mol.